The Labute approximate surface area is 128 Å². The van der Waals surface area contributed by atoms with Gasteiger partial charge in [0, 0.05) is 6.42 Å². The van der Waals surface area contributed by atoms with Crippen LogP contribution < -0.4 is 0 Å². The second-order valence-electron chi connectivity index (χ2n) is 5.20. The van der Waals surface area contributed by atoms with Crippen molar-refractivity contribution >= 4 is 5.97 Å². The lowest BCUT2D eigenvalue weighted by Crippen LogP contribution is -2.11. The number of carbonyl (C=O) groups excluding carboxylic acids is 1. The first-order valence-electron chi connectivity index (χ1n) is 7.38. The zero-order valence-electron chi connectivity index (χ0n) is 12.7. The molecule has 0 bridgehead atoms. The predicted molar refractivity (Wildman–Crippen MR) is 75.4 cm³/mol. The van der Waals surface area contributed by atoms with Crippen LogP contribution in [0, 0.1) is 11.6 Å². The molecule has 2 unspecified atom stereocenters. The lowest BCUT2D eigenvalue weighted by molar-refractivity contribution is -0.143. The predicted octanol–water partition coefficient (Wildman–Crippen LogP) is 2.94. The minimum Gasteiger partial charge on any atom is -0.466 e. The number of hydrogen-bond acceptors (Lipinski definition) is 4. The topological polar surface area (TPSA) is 48.1 Å². The zero-order chi connectivity index (χ0) is 16.1. The van der Waals surface area contributed by atoms with Gasteiger partial charge >= 0.3 is 5.97 Å². The maximum Gasteiger partial charge on any atom is 0.306 e. The van der Waals surface area contributed by atoms with Crippen molar-refractivity contribution in [1.82, 2.24) is 0 Å². The van der Waals surface area contributed by atoms with Crippen LogP contribution in [0.4, 0.5) is 8.78 Å². The van der Waals surface area contributed by atoms with Crippen molar-refractivity contribution in [3.63, 3.8) is 0 Å². The normalized spacial score (nSPS) is 18.1. The molecule has 1 saturated heterocycles. The van der Waals surface area contributed by atoms with Crippen LogP contribution in [-0.4, -0.2) is 31.9 Å². The average molecular weight is 314 g/mol. The molecular formula is C16H20F2O4. The maximum atomic E-state index is 13.5. The van der Waals surface area contributed by atoms with Gasteiger partial charge in [0.1, 0.15) is 6.10 Å². The summed E-state index contributed by atoms with van der Waals surface area (Å²) in [5.74, 6) is -2.22. The highest BCUT2D eigenvalue weighted by atomic mass is 19.2. The molecule has 4 nitrogen and oxygen atoms in total. The van der Waals surface area contributed by atoms with Crippen LogP contribution in [0.3, 0.4) is 0 Å². The van der Waals surface area contributed by atoms with Crippen molar-refractivity contribution in [3.8, 4) is 0 Å². The number of benzene rings is 1. The molecule has 1 aliphatic heterocycles. The molecule has 1 heterocycles. The van der Waals surface area contributed by atoms with Gasteiger partial charge in [-0.3, -0.25) is 4.79 Å². The Morgan fingerprint density at radius 1 is 1.41 bits per heavy atom. The second-order valence-corrected chi connectivity index (χ2v) is 5.20. The van der Waals surface area contributed by atoms with Crippen molar-refractivity contribution in [2.45, 2.75) is 38.9 Å². The van der Waals surface area contributed by atoms with Gasteiger partial charge in [-0.05, 0) is 43.5 Å². The zero-order valence-corrected chi connectivity index (χ0v) is 12.7. The monoisotopic (exact) mass is 314 g/mol. The largest absolute Gasteiger partial charge is 0.466 e. The molecule has 0 saturated carbocycles. The molecule has 1 fully saturated rings. The van der Waals surface area contributed by atoms with E-state index in [0.29, 0.717) is 30.9 Å². The molecular weight excluding hydrogens is 294 g/mol. The van der Waals surface area contributed by atoms with E-state index in [9.17, 15) is 13.6 Å². The minimum atomic E-state index is -0.930. The highest BCUT2D eigenvalue weighted by Crippen LogP contribution is 2.26. The number of rotatable bonds is 8. The third-order valence-electron chi connectivity index (χ3n) is 3.46. The van der Waals surface area contributed by atoms with Gasteiger partial charge in [-0.2, -0.15) is 0 Å². The van der Waals surface area contributed by atoms with Crippen molar-refractivity contribution < 1.29 is 27.8 Å². The molecule has 1 aromatic rings. The maximum absolute atomic E-state index is 13.5. The van der Waals surface area contributed by atoms with Crippen molar-refractivity contribution in [2.24, 2.45) is 0 Å². The van der Waals surface area contributed by atoms with E-state index in [1.807, 2.05) is 0 Å². The standard InChI is InChI=1S/C16H20F2O4/c1-3-20-16(19)5-4-11-6-14(17)15(18)7-13(11)10(2)21-8-12-9-22-12/h6-7,10,12H,3-5,8-9H2,1-2H3. The first-order valence-corrected chi connectivity index (χ1v) is 7.38. The summed E-state index contributed by atoms with van der Waals surface area (Å²) >= 11 is 0. The van der Waals surface area contributed by atoms with E-state index in [-0.39, 0.29) is 24.9 Å². The van der Waals surface area contributed by atoms with Gasteiger partial charge in [0.25, 0.3) is 0 Å². The highest BCUT2D eigenvalue weighted by Gasteiger charge is 2.24. The summed E-state index contributed by atoms with van der Waals surface area (Å²) in [6, 6.07) is 2.26. The molecule has 1 aromatic carbocycles. The first kappa shape index (κ1) is 16.8. The van der Waals surface area contributed by atoms with E-state index in [1.54, 1.807) is 13.8 Å². The number of epoxide rings is 1. The highest BCUT2D eigenvalue weighted by molar-refractivity contribution is 5.69. The number of carbonyl (C=O) groups is 1. The summed E-state index contributed by atoms with van der Waals surface area (Å²) in [5.41, 5.74) is 1.10. The Balaban J connectivity index is 2.07. The third-order valence-corrected chi connectivity index (χ3v) is 3.46. The average Bonchev–Trinajstić information content (AvgIpc) is 3.30. The SMILES string of the molecule is CCOC(=O)CCc1cc(F)c(F)cc1C(C)OCC1CO1. The van der Waals surface area contributed by atoms with Crippen molar-refractivity contribution in [2.75, 3.05) is 19.8 Å². The van der Waals surface area contributed by atoms with Crippen molar-refractivity contribution in [1.29, 1.82) is 0 Å². The Kier molecular flexibility index (Phi) is 5.85. The van der Waals surface area contributed by atoms with Gasteiger partial charge in [0.2, 0.25) is 0 Å². The van der Waals surface area contributed by atoms with Crippen LogP contribution in [0.5, 0.6) is 0 Å². The lowest BCUT2D eigenvalue weighted by atomic mass is 9.98. The van der Waals surface area contributed by atoms with Crippen LogP contribution >= 0.6 is 0 Å². The smallest absolute Gasteiger partial charge is 0.306 e. The van der Waals surface area contributed by atoms with Crippen LogP contribution in [0.15, 0.2) is 12.1 Å². The third kappa shape index (κ3) is 4.74. The minimum absolute atomic E-state index is 0.0933. The molecule has 2 rings (SSSR count). The van der Waals surface area contributed by atoms with E-state index >= 15 is 0 Å². The summed E-state index contributed by atoms with van der Waals surface area (Å²) in [5, 5.41) is 0. The van der Waals surface area contributed by atoms with Crippen molar-refractivity contribution in [3.05, 3.63) is 34.9 Å². The van der Waals surface area contributed by atoms with Crippen LogP contribution in [0.1, 0.15) is 37.5 Å². The Bertz CT molecular complexity index is 529. The van der Waals surface area contributed by atoms with E-state index in [0.717, 1.165) is 12.1 Å². The molecule has 0 N–H and O–H groups in total. The molecule has 22 heavy (non-hydrogen) atoms. The second kappa shape index (κ2) is 7.65. The number of aryl methyl sites for hydroxylation is 1. The van der Waals surface area contributed by atoms with Gasteiger partial charge in [0.05, 0.1) is 25.9 Å². The van der Waals surface area contributed by atoms with Crippen LogP contribution in [0.2, 0.25) is 0 Å². The Hall–Kier alpha value is -1.53. The lowest BCUT2D eigenvalue weighted by Gasteiger charge is -2.17. The van der Waals surface area contributed by atoms with Crippen LogP contribution in [0.25, 0.3) is 0 Å². The molecule has 1 aliphatic rings. The van der Waals surface area contributed by atoms with E-state index < -0.39 is 17.7 Å². The number of ether oxygens (including phenoxy) is 3. The van der Waals surface area contributed by atoms with Gasteiger partial charge in [-0.1, -0.05) is 0 Å². The van der Waals surface area contributed by atoms with Gasteiger partial charge in [-0.25, -0.2) is 8.78 Å². The Morgan fingerprint density at radius 2 is 2.09 bits per heavy atom. The first-order chi connectivity index (χ1) is 10.5. The van der Waals surface area contributed by atoms with Gasteiger partial charge < -0.3 is 14.2 Å². The molecule has 0 radical (unpaired) electrons. The van der Waals surface area contributed by atoms with Gasteiger partial charge in [-0.15, -0.1) is 0 Å². The number of esters is 1. The number of halogens is 2. The summed E-state index contributed by atoms with van der Waals surface area (Å²) in [7, 11) is 0. The molecule has 0 aliphatic carbocycles. The fraction of sp³-hybridized carbons (Fsp3) is 0.562. The summed E-state index contributed by atoms with van der Waals surface area (Å²) in [6.07, 6.45) is 0.0795. The van der Waals surface area contributed by atoms with E-state index in [1.165, 1.54) is 0 Å². The van der Waals surface area contributed by atoms with E-state index in [2.05, 4.69) is 0 Å². The molecule has 0 spiro atoms. The Morgan fingerprint density at radius 3 is 2.73 bits per heavy atom. The fourth-order valence-electron chi connectivity index (χ4n) is 2.17. The van der Waals surface area contributed by atoms with Crippen LogP contribution in [-0.2, 0) is 25.4 Å². The quantitative estimate of drug-likeness (QED) is 0.547. The summed E-state index contributed by atoms with van der Waals surface area (Å²) in [4.78, 5) is 11.4. The molecule has 0 aromatic heterocycles. The molecule has 6 heteroatoms. The van der Waals surface area contributed by atoms with E-state index in [4.69, 9.17) is 14.2 Å². The summed E-state index contributed by atoms with van der Waals surface area (Å²) in [6.45, 7) is 4.86. The summed E-state index contributed by atoms with van der Waals surface area (Å²) < 4.78 is 42.5. The molecule has 2 atom stereocenters. The number of hydrogen-bond donors (Lipinski definition) is 0. The van der Waals surface area contributed by atoms with Gasteiger partial charge in [0.15, 0.2) is 11.6 Å². The molecule has 122 valence electrons. The molecule has 0 amide bonds. The fourth-order valence-corrected chi connectivity index (χ4v) is 2.17.